The summed E-state index contributed by atoms with van der Waals surface area (Å²) in [6.45, 7) is 0.441. The third-order valence-electron chi connectivity index (χ3n) is 5.26. The molecule has 1 aromatic heterocycles. The topological polar surface area (TPSA) is 116 Å². The summed E-state index contributed by atoms with van der Waals surface area (Å²) >= 11 is 2.89. The molecule has 0 aliphatic carbocycles. The minimum atomic E-state index is -0.331. The van der Waals surface area contributed by atoms with E-state index in [1.807, 2.05) is 6.07 Å². The van der Waals surface area contributed by atoms with E-state index < -0.39 is 0 Å². The van der Waals surface area contributed by atoms with Gasteiger partial charge in [0.05, 0.1) is 22.8 Å². The summed E-state index contributed by atoms with van der Waals surface area (Å²) in [7, 11) is 0. The third kappa shape index (κ3) is 5.50. The van der Waals surface area contributed by atoms with Crippen LogP contribution in [0.3, 0.4) is 0 Å². The van der Waals surface area contributed by atoms with Crippen LogP contribution < -0.4 is 5.32 Å². The normalized spacial score (nSPS) is 12.5. The minimum Gasteiger partial charge on any atom is -0.296 e. The molecule has 10 heteroatoms. The van der Waals surface area contributed by atoms with E-state index in [4.69, 9.17) is 5.26 Å². The number of nitrogens with one attached hydrogen (secondary N) is 1. The number of carbonyl (C=O) groups is 3. The van der Waals surface area contributed by atoms with Crippen LogP contribution in [0.4, 0.5) is 5.13 Å². The van der Waals surface area contributed by atoms with Crippen LogP contribution >= 0.6 is 23.1 Å². The fourth-order valence-corrected chi connectivity index (χ4v) is 5.36. The molecule has 0 atom stereocenters. The van der Waals surface area contributed by atoms with Gasteiger partial charge in [0.25, 0.3) is 17.7 Å². The lowest BCUT2D eigenvalue weighted by atomic mass is 10.1. The number of unbranched alkanes of at least 4 members (excludes halogenated alkanes) is 3. The van der Waals surface area contributed by atoms with Crippen molar-refractivity contribution in [3.63, 3.8) is 0 Å². The van der Waals surface area contributed by atoms with Gasteiger partial charge in [0.2, 0.25) is 5.13 Å². The van der Waals surface area contributed by atoms with Gasteiger partial charge in [-0.05, 0) is 43.2 Å². The molecule has 0 fully saturated rings. The lowest BCUT2D eigenvalue weighted by Gasteiger charge is -2.13. The average molecular weight is 492 g/mol. The van der Waals surface area contributed by atoms with Crippen molar-refractivity contribution in [2.75, 3.05) is 17.6 Å². The zero-order valence-corrected chi connectivity index (χ0v) is 19.8. The summed E-state index contributed by atoms with van der Waals surface area (Å²) in [5.74, 6) is 0.129. The van der Waals surface area contributed by atoms with Gasteiger partial charge in [0, 0.05) is 17.9 Å². The number of nitrogens with zero attached hydrogens (tertiary/aromatic N) is 4. The Morgan fingerprint density at radius 1 is 1.00 bits per heavy atom. The number of imide groups is 1. The van der Waals surface area contributed by atoms with E-state index in [2.05, 4.69) is 15.5 Å². The summed E-state index contributed by atoms with van der Waals surface area (Å²) in [5.41, 5.74) is 1.80. The van der Waals surface area contributed by atoms with Crippen LogP contribution in [0, 0.1) is 11.3 Å². The quantitative estimate of drug-likeness (QED) is 0.190. The first-order chi connectivity index (χ1) is 16.6. The number of amides is 3. The summed E-state index contributed by atoms with van der Waals surface area (Å²) in [6, 6.07) is 15.4. The van der Waals surface area contributed by atoms with E-state index >= 15 is 0 Å². The molecule has 0 saturated carbocycles. The van der Waals surface area contributed by atoms with Crippen LogP contribution in [0.2, 0.25) is 0 Å². The van der Waals surface area contributed by atoms with E-state index in [-0.39, 0.29) is 17.7 Å². The predicted molar refractivity (Wildman–Crippen MR) is 130 cm³/mol. The Bertz CT molecular complexity index is 1230. The number of benzene rings is 2. The van der Waals surface area contributed by atoms with Crippen LogP contribution in [0.1, 0.15) is 62.3 Å². The number of thioether (sulfide) groups is 1. The summed E-state index contributed by atoms with van der Waals surface area (Å²) in [5, 5.41) is 20.2. The van der Waals surface area contributed by atoms with Crippen molar-refractivity contribution in [3.8, 4) is 6.07 Å². The Balaban J connectivity index is 1.13. The number of aromatic nitrogens is 2. The average Bonchev–Trinajstić information content (AvgIpc) is 3.41. The van der Waals surface area contributed by atoms with Crippen molar-refractivity contribution >= 4 is 46.0 Å². The van der Waals surface area contributed by atoms with Gasteiger partial charge in [0.15, 0.2) is 4.34 Å². The van der Waals surface area contributed by atoms with E-state index in [1.165, 1.54) is 22.3 Å². The van der Waals surface area contributed by atoms with E-state index in [0.29, 0.717) is 33.9 Å². The smallest absolute Gasteiger partial charge is 0.261 e. The Labute approximate surface area is 205 Å². The predicted octanol–water partition coefficient (Wildman–Crippen LogP) is 4.61. The second kappa shape index (κ2) is 11.0. The van der Waals surface area contributed by atoms with Crippen molar-refractivity contribution in [2.24, 2.45) is 0 Å². The molecule has 8 nitrogen and oxygen atoms in total. The van der Waals surface area contributed by atoms with Crippen molar-refractivity contribution in [1.82, 2.24) is 15.1 Å². The molecular weight excluding hydrogens is 470 g/mol. The van der Waals surface area contributed by atoms with Crippen LogP contribution in [-0.4, -0.2) is 45.1 Å². The van der Waals surface area contributed by atoms with Crippen molar-refractivity contribution < 1.29 is 14.4 Å². The molecule has 1 N–H and O–H groups in total. The van der Waals surface area contributed by atoms with Gasteiger partial charge in [0.1, 0.15) is 0 Å². The third-order valence-corrected chi connectivity index (χ3v) is 7.32. The van der Waals surface area contributed by atoms with Gasteiger partial charge < -0.3 is 0 Å². The standard InChI is InChI=1S/C24H21N5O3S2/c25-15-16-8-7-9-17(14-16)20(30)26-23-27-28-24(34-23)33-13-6-2-1-5-12-29-21(31)18-10-3-4-11-19(18)22(29)32/h3-4,7-11,14H,1-2,5-6,12-13H2,(H,26,27,30). The summed E-state index contributed by atoms with van der Waals surface area (Å²) in [6.07, 6.45) is 3.65. The highest BCUT2D eigenvalue weighted by Crippen LogP contribution is 2.27. The maximum absolute atomic E-state index is 12.4. The van der Waals surface area contributed by atoms with Gasteiger partial charge in [-0.1, -0.05) is 54.1 Å². The van der Waals surface area contributed by atoms with Crippen LogP contribution in [0.15, 0.2) is 52.9 Å². The first-order valence-corrected chi connectivity index (χ1v) is 12.6. The summed E-state index contributed by atoms with van der Waals surface area (Å²) in [4.78, 5) is 38.4. The number of hydrogen-bond acceptors (Lipinski definition) is 8. The first kappa shape index (κ1) is 23.6. The molecular formula is C24H21N5O3S2. The highest BCUT2D eigenvalue weighted by Gasteiger charge is 2.34. The highest BCUT2D eigenvalue weighted by atomic mass is 32.2. The molecule has 1 aliphatic heterocycles. The molecule has 1 aliphatic rings. The highest BCUT2D eigenvalue weighted by molar-refractivity contribution is 8.01. The van der Waals surface area contributed by atoms with Gasteiger partial charge in [-0.15, -0.1) is 10.2 Å². The number of anilines is 1. The van der Waals surface area contributed by atoms with Gasteiger partial charge in [-0.25, -0.2) is 0 Å². The molecule has 2 heterocycles. The Morgan fingerprint density at radius 2 is 1.74 bits per heavy atom. The zero-order valence-electron chi connectivity index (χ0n) is 18.2. The minimum absolute atomic E-state index is 0.201. The lowest BCUT2D eigenvalue weighted by Crippen LogP contribution is -2.30. The Hall–Kier alpha value is -3.55. The van der Waals surface area contributed by atoms with Gasteiger partial charge in [-0.2, -0.15) is 5.26 Å². The SMILES string of the molecule is N#Cc1cccc(C(=O)Nc2nnc(SCCCCCCN3C(=O)c4ccccc4C3=O)s2)c1. The number of rotatable bonds is 10. The monoisotopic (exact) mass is 491 g/mol. The molecule has 0 spiro atoms. The largest absolute Gasteiger partial charge is 0.296 e. The van der Waals surface area contributed by atoms with Crippen LogP contribution in [0.5, 0.6) is 0 Å². The maximum Gasteiger partial charge on any atom is 0.261 e. The Morgan fingerprint density at radius 3 is 2.47 bits per heavy atom. The van der Waals surface area contributed by atoms with Crippen molar-refractivity contribution in [1.29, 1.82) is 5.26 Å². The number of nitriles is 1. The van der Waals surface area contributed by atoms with Crippen LogP contribution in [0.25, 0.3) is 0 Å². The molecule has 172 valence electrons. The Kier molecular flexibility index (Phi) is 7.67. The fraction of sp³-hybridized carbons (Fsp3) is 0.250. The van der Waals surface area contributed by atoms with Gasteiger partial charge >= 0.3 is 0 Å². The maximum atomic E-state index is 12.4. The molecule has 3 aromatic rings. The van der Waals surface area contributed by atoms with E-state index in [9.17, 15) is 14.4 Å². The number of carbonyl (C=O) groups excluding carboxylic acids is 3. The molecule has 0 saturated heterocycles. The van der Waals surface area contributed by atoms with E-state index in [1.54, 1.807) is 54.2 Å². The van der Waals surface area contributed by atoms with Gasteiger partial charge in [-0.3, -0.25) is 24.6 Å². The number of fused-ring (bicyclic) bond motifs is 1. The molecule has 0 radical (unpaired) electrons. The molecule has 4 rings (SSSR count). The molecule has 2 aromatic carbocycles. The zero-order chi connectivity index (χ0) is 23.9. The lowest BCUT2D eigenvalue weighted by molar-refractivity contribution is 0.0651. The second-order valence-electron chi connectivity index (χ2n) is 7.59. The van der Waals surface area contributed by atoms with Crippen molar-refractivity contribution in [2.45, 2.75) is 30.0 Å². The van der Waals surface area contributed by atoms with E-state index in [0.717, 1.165) is 35.8 Å². The van der Waals surface area contributed by atoms with Crippen LogP contribution in [-0.2, 0) is 0 Å². The molecule has 0 bridgehead atoms. The molecule has 0 unspecified atom stereocenters. The molecule has 3 amide bonds. The molecule has 34 heavy (non-hydrogen) atoms. The summed E-state index contributed by atoms with van der Waals surface area (Å²) < 4.78 is 0.770. The fourth-order valence-electron chi connectivity index (χ4n) is 3.55. The second-order valence-corrected chi connectivity index (χ2v) is 9.91. The number of hydrogen-bond donors (Lipinski definition) is 1. The van der Waals surface area contributed by atoms with Crippen molar-refractivity contribution in [3.05, 3.63) is 70.8 Å². The first-order valence-electron chi connectivity index (χ1n) is 10.8.